The van der Waals surface area contributed by atoms with Gasteiger partial charge >= 0.3 is 0 Å². The van der Waals surface area contributed by atoms with E-state index in [1.54, 1.807) is 6.07 Å². The van der Waals surface area contributed by atoms with Crippen molar-refractivity contribution in [2.75, 3.05) is 11.9 Å². The monoisotopic (exact) mass is 288 g/mol. The van der Waals surface area contributed by atoms with Crippen molar-refractivity contribution in [1.29, 1.82) is 0 Å². The molecule has 0 spiro atoms. The summed E-state index contributed by atoms with van der Waals surface area (Å²) in [6.07, 6.45) is 3.01. The van der Waals surface area contributed by atoms with Gasteiger partial charge in [-0.2, -0.15) is 0 Å². The quantitative estimate of drug-likeness (QED) is 0.822. The van der Waals surface area contributed by atoms with Crippen LogP contribution in [0.3, 0.4) is 0 Å². The van der Waals surface area contributed by atoms with Gasteiger partial charge in [-0.3, -0.25) is 4.79 Å². The summed E-state index contributed by atoms with van der Waals surface area (Å²) >= 11 is 0. The van der Waals surface area contributed by atoms with Crippen molar-refractivity contribution in [3.8, 4) is 11.8 Å². The molecule has 1 fully saturated rings. The number of nitrogens with two attached hydrogens (primary N) is 1. The fourth-order valence-electron chi connectivity index (χ4n) is 2.91. The number of amides is 1. The van der Waals surface area contributed by atoms with Crippen LogP contribution in [0.15, 0.2) is 18.2 Å². The molecule has 1 saturated carbocycles. The number of rotatable bonds is 2. The maximum absolute atomic E-state index is 13.3. The Balaban J connectivity index is 2.21. The van der Waals surface area contributed by atoms with Crippen molar-refractivity contribution >= 4 is 11.6 Å². The van der Waals surface area contributed by atoms with E-state index in [1.165, 1.54) is 12.1 Å². The van der Waals surface area contributed by atoms with Gasteiger partial charge in [0.05, 0.1) is 17.8 Å². The van der Waals surface area contributed by atoms with Crippen LogP contribution >= 0.6 is 0 Å². The fraction of sp³-hybridized carbons (Fsp3) is 0.471. The molecule has 0 radical (unpaired) electrons. The van der Waals surface area contributed by atoms with Crippen molar-refractivity contribution in [3.63, 3.8) is 0 Å². The Kier molecular flexibility index (Phi) is 4.64. The predicted molar refractivity (Wildman–Crippen MR) is 82.1 cm³/mol. The van der Waals surface area contributed by atoms with Gasteiger partial charge in [0.2, 0.25) is 5.91 Å². The Morgan fingerprint density at radius 1 is 1.52 bits per heavy atom. The van der Waals surface area contributed by atoms with Crippen LogP contribution in [0.5, 0.6) is 0 Å². The lowest BCUT2D eigenvalue weighted by Gasteiger charge is -2.26. The molecule has 112 valence electrons. The summed E-state index contributed by atoms with van der Waals surface area (Å²) in [6.45, 7) is 4.42. The van der Waals surface area contributed by atoms with Gasteiger partial charge in [-0.25, -0.2) is 4.39 Å². The topological polar surface area (TPSA) is 55.1 Å². The predicted octanol–water partition coefficient (Wildman–Crippen LogP) is 2.90. The molecule has 0 heterocycles. The van der Waals surface area contributed by atoms with Crippen molar-refractivity contribution in [2.45, 2.75) is 33.1 Å². The van der Waals surface area contributed by atoms with E-state index in [2.05, 4.69) is 31.0 Å². The third kappa shape index (κ3) is 3.62. The molecule has 0 aromatic heterocycles. The first kappa shape index (κ1) is 15.5. The van der Waals surface area contributed by atoms with E-state index in [1.807, 2.05) is 0 Å². The molecule has 3 N–H and O–H groups in total. The van der Waals surface area contributed by atoms with E-state index < -0.39 is 0 Å². The number of hydrogen-bond acceptors (Lipinski definition) is 2. The summed E-state index contributed by atoms with van der Waals surface area (Å²) in [4.78, 5) is 12.5. The lowest BCUT2D eigenvalue weighted by atomic mass is 9.81. The van der Waals surface area contributed by atoms with E-state index in [4.69, 9.17) is 5.73 Å². The minimum Gasteiger partial charge on any atom is -0.325 e. The molecule has 0 bridgehead atoms. The van der Waals surface area contributed by atoms with E-state index in [-0.39, 0.29) is 29.6 Å². The van der Waals surface area contributed by atoms with Gasteiger partial charge in [-0.1, -0.05) is 32.1 Å². The number of nitrogens with one attached hydrogen (secondary N) is 1. The Morgan fingerprint density at radius 3 is 2.90 bits per heavy atom. The summed E-state index contributed by atoms with van der Waals surface area (Å²) in [5.74, 6) is 5.08. The van der Waals surface area contributed by atoms with Gasteiger partial charge in [-0.05, 0) is 36.5 Å². The molecule has 4 heteroatoms. The highest BCUT2D eigenvalue weighted by atomic mass is 19.1. The summed E-state index contributed by atoms with van der Waals surface area (Å²) in [7, 11) is 0. The zero-order valence-electron chi connectivity index (χ0n) is 12.5. The average molecular weight is 288 g/mol. The molecular formula is C17H21FN2O. The lowest BCUT2D eigenvalue weighted by Crippen LogP contribution is -2.31. The second-order valence-electron chi connectivity index (χ2n) is 6.12. The fourth-order valence-corrected chi connectivity index (χ4v) is 2.91. The summed E-state index contributed by atoms with van der Waals surface area (Å²) in [5, 5.41) is 2.90. The summed E-state index contributed by atoms with van der Waals surface area (Å²) < 4.78 is 13.3. The minimum atomic E-state index is -0.379. The van der Waals surface area contributed by atoms with Crippen LogP contribution in [0.2, 0.25) is 0 Å². The average Bonchev–Trinajstić information content (AvgIpc) is 2.78. The van der Waals surface area contributed by atoms with Crippen LogP contribution in [0, 0.1) is 29.0 Å². The van der Waals surface area contributed by atoms with E-state index in [0.717, 1.165) is 19.3 Å². The SMILES string of the molecule is CC1(C)CCCC1C(=O)Nc1ccc(F)cc1C#CCN. The number of benzene rings is 1. The molecular weight excluding hydrogens is 267 g/mol. The summed E-state index contributed by atoms with van der Waals surface area (Å²) in [5.41, 5.74) is 6.36. The highest BCUT2D eigenvalue weighted by molar-refractivity contribution is 5.94. The molecule has 21 heavy (non-hydrogen) atoms. The second kappa shape index (κ2) is 6.28. The molecule has 0 aliphatic heterocycles. The van der Waals surface area contributed by atoms with Gasteiger partial charge in [0.1, 0.15) is 5.82 Å². The molecule has 1 atom stereocenters. The second-order valence-corrected chi connectivity index (χ2v) is 6.12. The maximum Gasteiger partial charge on any atom is 0.228 e. The van der Waals surface area contributed by atoms with Gasteiger partial charge in [-0.15, -0.1) is 0 Å². The zero-order chi connectivity index (χ0) is 15.5. The molecule has 1 amide bonds. The first-order valence-electron chi connectivity index (χ1n) is 7.23. The molecule has 2 rings (SSSR count). The van der Waals surface area contributed by atoms with Gasteiger partial charge in [0, 0.05) is 5.92 Å². The van der Waals surface area contributed by atoms with Crippen LogP contribution in [0.4, 0.5) is 10.1 Å². The minimum absolute atomic E-state index is 0.00716. The van der Waals surface area contributed by atoms with E-state index >= 15 is 0 Å². The third-order valence-electron chi connectivity index (χ3n) is 4.14. The van der Waals surface area contributed by atoms with Crippen LogP contribution in [-0.2, 0) is 4.79 Å². The van der Waals surface area contributed by atoms with Crippen LogP contribution < -0.4 is 11.1 Å². The van der Waals surface area contributed by atoms with Crippen molar-refractivity contribution in [2.24, 2.45) is 17.1 Å². The zero-order valence-corrected chi connectivity index (χ0v) is 12.5. The maximum atomic E-state index is 13.3. The molecule has 1 aliphatic carbocycles. The first-order valence-corrected chi connectivity index (χ1v) is 7.23. The van der Waals surface area contributed by atoms with Crippen molar-refractivity contribution < 1.29 is 9.18 Å². The van der Waals surface area contributed by atoms with Crippen LogP contribution in [0.25, 0.3) is 0 Å². The molecule has 0 saturated heterocycles. The molecule has 1 unspecified atom stereocenters. The molecule has 1 aromatic rings. The highest BCUT2D eigenvalue weighted by Gasteiger charge is 2.39. The molecule has 3 nitrogen and oxygen atoms in total. The lowest BCUT2D eigenvalue weighted by molar-refractivity contribution is -0.122. The van der Waals surface area contributed by atoms with E-state index in [9.17, 15) is 9.18 Å². The molecule has 1 aromatic carbocycles. The van der Waals surface area contributed by atoms with Crippen molar-refractivity contribution in [3.05, 3.63) is 29.6 Å². The van der Waals surface area contributed by atoms with Crippen LogP contribution in [-0.4, -0.2) is 12.5 Å². The smallest absolute Gasteiger partial charge is 0.228 e. The van der Waals surface area contributed by atoms with Gasteiger partial charge in [0.25, 0.3) is 0 Å². The van der Waals surface area contributed by atoms with Gasteiger partial charge < -0.3 is 11.1 Å². The number of hydrogen-bond donors (Lipinski definition) is 2. The van der Waals surface area contributed by atoms with E-state index in [0.29, 0.717) is 11.3 Å². The Bertz CT molecular complexity index is 599. The van der Waals surface area contributed by atoms with Crippen LogP contribution in [0.1, 0.15) is 38.7 Å². The summed E-state index contributed by atoms with van der Waals surface area (Å²) in [6, 6.07) is 4.19. The number of carbonyl (C=O) groups excluding carboxylic acids is 1. The standard InChI is InChI=1S/C17H21FN2O/c1-17(2)9-3-6-14(17)16(21)20-15-8-7-13(18)11-12(15)5-4-10-19/h7-8,11,14H,3,6,9-10,19H2,1-2H3,(H,20,21). The van der Waals surface area contributed by atoms with Gasteiger partial charge in [0.15, 0.2) is 0 Å². The Morgan fingerprint density at radius 2 is 2.29 bits per heavy atom. The molecule has 1 aliphatic rings. The van der Waals surface area contributed by atoms with Crippen molar-refractivity contribution in [1.82, 2.24) is 0 Å². The number of anilines is 1. The highest BCUT2D eigenvalue weighted by Crippen LogP contribution is 2.43. The number of halogens is 1. The Labute approximate surface area is 125 Å². The number of carbonyl (C=O) groups is 1. The largest absolute Gasteiger partial charge is 0.325 e. The first-order chi connectivity index (χ1) is 9.94. The third-order valence-corrected chi connectivity index (χ3v) is 4.14. The normalized spacial score (nSPS) is 19.7. The Hall–Kier alpha value is -1.86.